The van der Waals surface area contributed by atoms with Crippen LogP contribution < -0.4 is 5.73 Å². The molecule has 1 heterocycles. The average molecular weight is 245 g/mol. The molecule has 3 unspecified atom stereocenters. The molecule has 0 spiro atoms. The van der Waals surface area contributed by atoms with Gasteiger partial charge in [0.2, 0.25) is 0 Å². The molecule has 2 rings (SSSR count). The van der Waals surface area contributed by atoms with Crippen molar-refractivity contribution in [3.63, 3.8) is 0 Å². The first-order valence-electron chi connectivity index (χ1n) is 4.42. The van der Waals surface area contributed by atoms with Crippen molar-refractivity contribution >= 4 is 15.9 Å². The minimum absolute atomic E-state index is 0.0735. The number of hydrogen-bond donors (Lipinski definition) is 1. The lowest BCUT2D eigenvalue weighted by Crippen LogP contribution is -2.17. The van der Waals surface area contributed by atoms with Gasteiger partial charge in [0.15, 0.2) is 4.60 Å². The lowest BCUT2D eigenvalue weighted by molar-refractivity contribution is 0.537. The van der Waals surface area contributed by atoms with Crippen LogP contribution in [0.5, 0.6) is 0 Å². The van der Waals surface area contributed by atoms with Crippen molar-refractivity contribution in [1.29, 1.82) is 0 Å². The number of hydrogen-bond acceptors (Lipinski definition) is 3. The van der Waals surface area contributed by atoms with E-state index in [9.17, 15) is 0 Å². The highest BCUT2D eigenvalue weighted by molar-refractivity contribution is 9.10. The van der Waals surface area contributed by atoms with Crippen LogP contribution in [0, 0.1) is 11.8 Å². The Balaban J connectivity index is 2.24. The van der Waals surface area contributed by atoms with Crippen LogP contribution in [0.25, 0.3) is 0 Å². The fraction of sp³-hybridized carbons (Fsp3) is 0.750. The van der Waals surface area contributed by atoms with Crippen molar-refractivity contribution in [3.05, 3.63) is 10.3 Å². The van der Waals surface area contributed by atoms with Gasteiger partial charge in [-0.1, -0.05) is 12.1 Å². The summed E-state index contributed by atoms with van der Waals surface area (Å²) < 4.78 is 2.53. The second kappa shape index (κ2) is 3.06. The fourth-order valence-electron chi connectivity index (χ4n) is 1.75. The molecule has 13 heavy (non-hydrogen) atoms. The molecule has 1 fully saturated rings. The summed E-state index contributed by atoms with van der Waals surface area (Å²) in [5, 5.41) is 7.83. The number of aryl methyl sites for hydroxylation is 1. The zero-order valence-corrected chi connectivity index (χ0v) is 9.32. The second-order valence-corrected chi connectivity index (χ2v) is 4.54. The Hall–Kier alpha value is -0.420. The van der Waals surface area contributed by atoms with Gasteiger partial charge in [0.05, 0.1) is 11.7 Å². The molecule has 0 bridgehead atoms. The summed E-state index contributed by atoms with van der Waals surface area (Å²) in [5.74, 6) is 1.35. The maximum Gasteiger partial charge on any atom is 0.153 e. The Labute approximate surface area is 85.6 Å². The average Bonchev–Trinajstić information content (AvgIpc) is 2.70. The zero-order chi connectivity index (χ0) is 9.59. The monoisotopic (exact) mass is 244 g/mol. The van der Waals surface area contributed by atoms with E-state index in [0.29, 0.717) is 5.92 Å². The summed E-state index contributed by atoms with van der Waals surface area (Å²) in [4.78, 5) is 0. The molecule has 0 saturated heterocycles. The van der Waals surface area contributed by atoms with Gasteiger partial charge in [-0.05, 0) is 34.2 Å². The van der Waals surface area contributed by atoms with Gasteiger partial charge >= 0.3 is 0 Å². The van der Waals surface area contributed by atoms with E-state index in [2.05, 4.69) is 33.2 Å². The molecule has 0 aliphatic heterocycles. The summed E-state index contributed by atoms with van der Waals surface area (Å²) in [6.07, 6.45) is 1.22. The van der Waals surface area contributed by atoms with Crippen molar-refractivity contribution < 1.29 is 0 Å². The lowest BCUT2D eigenvalue weighted by Gasteiger charge is -2.10. The molecule has 4 nitrogen and oxygen atoms in total. The maximum atomic E-state index is 6.11. The third kappa shape index (κ3) is 1.50. The van der Waals surface area contributed by atoms with Crippen LogP contribution in [0.3, 0.4) is 0 Å². The molecule has 2 N–H and O–H groups in total. The molecule has 3 atom stereocenters. The number of halogens is 1. The summed E-state index contributed by atoms with van der Waals surface area (Å²) in [6, 6.07) is 0.0735. The molecular formula is C8H13BrN4. The predicted molar refractivity (Wildman–Crippen MR) is 52.9 cm³/mol. The van der Waals surface area contributed by atoms with Gasteiger partial charge in [0.25, 0.3) is 0 Å². The summed E-state index contributed by atoms with van der Waals surface area (Å²) in [7, 11) is 1.88. The van der Waals surface area contributed by atoms with Crippen molar-refractivity contribution in [1.82, 2.24) is 15.0 Å². The number of rotatable bonds is 2. The van der Waals surface area contributed by atoms with E-state index in [-0.39, 0.29) is 6.04 Å². The molecule has 0 aromatic carbocycles. The van der Waals surface area contributed by atoms with Crippen LogP contribution in [0.4, 0.5) is 0 Å². The molecular weight excluding hydrogens is 232 g/mol. The van der Waals surface area contributed by atoms with E-state index in [1.54, 1.807) is 4.68 Å². The Morgan fingerprint density at radius 2 is 2.31 bits per heavy atom. The van der Waals surface area contributed by atoms with Crippen molar-refractivity contribution in [2.75, 3.05) is 0 Å². The van der Waals surface area contributed by atoms with E-state index >= 15 is 0 Å². The quantitative estimate of drug-likeness (QED) is 0.852. The van der Waals surface area contributed by atoms with Gasteiger partial charge in [-0.25, -0.2) is 4.68 Å². The van der Waals surface area contributed by atoms with Crippen molar-refractivity contribution in [2.24, 2.45) is 24.6 Å². The molecule has 1 aliphatic carbocycles. The summed E-state index contributed by atoms with van der Waals surface area (Å²) >= 11 is 3.36. The summed E-state index contributed by atoms with van der Waals surface area (Å²) in [5.41, 5.74) is 7.11. The van der Waals surface area contributed by atoms with Crippen molar-refractivity contribution in [3.8, 4) is 0 Å². The third-order valence-electron chi connectivity index (χ3n) is 2.78. The normalized spacial score (nSPS) is 28.9. The Morgan fingerprint density at radius 3 is 2.69 bits per heavy atom. The van der Waals surface area contributed by atoms with Crippen LogP contribution in [-0.4, -0.2) is 15.0 Å². The first-order chi connectivity index (χ1) is 6.11. The van der Waals surface area contributed by atoms with Crippen LogP contribution >= 0.6 is 15.9 Å². The Morgan fingerprint density at radius 1 is 1.69 bits per heavy atom. The van der Waals surface area contributed by atoms with Gasteiger partial charge in [-0.2, -0.15) is 0 Å². The highest BCUT2D eigenvalue weighted by Gasteiger charge is 2.40. The molecule has 0 radical (unpaired) electrons. The smallest absolute Gasteiger partial charge is 0.153 e. The molecule has 72 valence electrons. The Kier molecular flexibility index (Phi) is 2.15. The third-order valence-corrected chi connectivity index (χ3v) is 3.34. The van der Waals surface area contributed by atoms with Gasteiger partial charge in [0, 0.05) is 7.05 Å². The molecule has 0 amide bonds. The second-order valence-electron chi connectivity index (χ2n) is 3.79. The first kappa shape index (κ1) is 9.15. The lowest BCUT2D eigenvalue weighted by atomic mass is 10.1. The van der Waals surface area contributed by atoms with Crippen LogP contribution in [0.15, 0.2) is 4.60 Å². The van der Waals surface area contributed by atoms with Gasteiger partial charge in [-0.15, -0.1) is 5.10 Å². The standard InChI is InChI=1S/C8H13BrN4/c1-4-3-5(4)6(10)7-8(9)11-12-13(7)2/h4-6H,3,10H2,1-2H3. The number of nitrogens with two attached hydrogens (primary N) is 1. The first-order valence-corrected chi connectivity index (χ1v) is 5.21. The molecule has 1 aromatic rings. The largest absolute Gasteiger partial charge is 0.322 e. The van der Waals surface area contributed by atoms with E-state index in [4.69, 9.17) is 5.73 Å². The zero-order valence-electron chi connectivity index (χ0n) is 7.74. The van der Waals surface area contributed by atoms with Crippen LogP contribution in [-0.2, 0) is 7.05 Å². The highest BCUT2D eigenvalue weighted by atomic mass is 79.9. The van der Waals surface area contributed by atoms with Gasteiger partial charge in [0.1, 0.15) is 0 Å². The van der Waals surface area contributed by atoms with Crippen molar-refractivity contribution in [2.45, 2.75) is 19.4 Å². The summed E-state index contributed by atoms with van der Waals surface area (Å²) in [6.45, 7) is 2.22. The van der Waals surface area contributed by atoms with E-state index in [0.717, 1.165) is 16.2 Å². The van der Waals surface area contributed by atoms with Gasteiger partial charge < -0.3 is 5.73 Å². The number of aromatic nitrogens is 3. The van der Waals surface area contributed by atoms with E-state index < -0.39 is 0 Å². The fourth-order valence-corrected chi connectivity index (χ4v) is 2.34. The number of nitrogens with zero attached hydrogens (tertiary/aromatic N) is 3. The van der Waals surface area contributed by atoms with Crippen LogP contribution in [0.2, 0.25) is 0 Å². The minimum atomic E-state index is 0.0735. The van der Waals surface area contributed by atoms with E-state index in [1.165, 1.54) is 6.42 Å². The highest BCUT2D eigenvalue weighted by Crippen LogP contribution is 2.46. The Bertz CT molecular complexity index is 302. The van der Waals surface area contributed by atoms with E-state index in [1.807, 2.05) is 7.05 Å². The topological polar surface area (TPSA) is 56.7 Å². The molecule has 1 aromatic heterocycles. The van der Waals surface area contributed by atoms with Gasteiger partial charge in [-0.3, -0.25) is 0 Å². The SMILES string of the molecule is CC1CC1C(N)c1c(Br)nnn1C. The van der Waals surface area contributed by atoms with Crippen LogP contribution in [0.1, 0.15) is 25.1 Å². The molecule has 1 saturated carbocycles. The minimum Gasteiger partial charge on any atom is -0.322 e. The molecule has 1 aliphatic rings. The maximum absolute atomic E-state index is 6.11. The predicted octanol–water partition coefficient (Wildman–Crippen LogP) is 1.23. The molecule has 5 heteroatoms.